The van der Waals surface area contributed by atoms with Crippen molar-refractivity contribution >= 4 is 35.4 Å². The Hall–Kier alpha value is -4.81. The van der Waals surface area contributed by atoms with Crippen molar-refractivity contribution in [1.29, 1.82) is 0 Å². The molecule has 2 amide bonds. The number of ether oxygens (including phenoxy) is 3. The van der Waals surface area contributed by atoms with Crippen molar-refractivity contribution in [1.82, 2.24) is 20.4 Å². The number of likely N-dealkylation sites (N-methyl/N-ethyl adjacent to an activating group) is 1. The summed E-state index contributed by atoms with van der Waals surface area (Å²) in [5.74, 6) is 2.00. The van der Waals surface area contributed by atoms with Gasteiger partial charge in [-0.15, -0.1) is 0 Å². The number of amides is 2. The van der Waals surface area contributed by atoms with Crippen molar-refractivity contribution in [2.75, 3.05) is 74.2 Å². The van der Waals surface area contributed by atoms with Gasteiger partial charge in [-0.05, 0) is 131 Å². The summed E-state index contributed by atoms with van der Waals surface area (Å²) in [5, 5.41) is 17.3. The number of benzene rings is 4. The average molecular weight is 807 g/mol. The van der Waals surface area contributed by atoms with Crippen LogP contribution in [0.1, 0.15) is 81.2 Å². The molecule has 6 rings (SSSR count). The van der Waals surface area contributed by atoms with Crippen LogP contribution in [0.5, 0.6) is 11.5 Å². The van der Waals surface area contributed by atoms with E-state index in [1.165, 1.54) is 5.56 Å². The molecule has 58 heavy (non-hydrogen) atoms. The first-order valence-electron chi connectivity index (χ1n) is 20.4. The largest absolute Gasteiger partial charge is 0.493 e. The molecule has 11 heteroatoms. The molecule has 1 saturated heterocycles. The number of methoxy groups -OCH3 is 2. The molecule has 0 saturated carbocycles. The number of nitrogens with zero attached hydrogens (tertiary/aromatic N) is 2. The van der Waals surface area contributed by atoms with E-state index < -0.39 is 6.10 Å². The quantitative estimate of drug-likeness (QED) is 0.0827. The average Bonchev–Trinajstić information content (AvgIpc) is 3.40. The predicted octanol–water partition coefficient (Wildman–Crippen LogP) is 7.56. The Morgan fingerprint density at radius 1 is 0.845 bits per heavy atom. The highest BCUT2D eigenvalue weighted by Crippen LogP contribution is 2.42. The molecule has 0 aromatic heterocycles. The summed E-state index contributed by atoms with van der Waals surface area (Å²) in [6.07, 6.45) is 6.73. The third kappa shape index (κ3) is 11.4. The summed E-state index contributed by atoms with van der Waals surface area (Å²) in [6, 6.07) is 27.6. The van der Waals surface area contributed by atoms with Crippen molar-refractivity contribution < 1.29 is 28.9 Å². The second-order valence-corrected chi connectivity index (χ2v) is 16.3. The van der Waals surface area contributed by atoms with Gasteiger partial charge in [-0.1, -0.05) is 54.2 Å². The van der Waals surface area contributed by atoms with E-state index in [-0.39, 0.29) is 17.7 Å². The van der Waals surface area contributed by atoms with Crippen molar-refractivity contribution in [2.24, 2.45) is 5.92 Å². The number of unbranched alkanes of at least 4 members (excludes halogenated alkanes) is 2. The van der Waals surface area contributed by atoms with Gasteiger partial charge in [0, 0.05) is 58.2 Å². The van der Waals surface area contributed by atoms with Gasteiger partial charge >= 0.3 is 0 Å². The van der Waals surface area contributed by atoms with Crippen molar-refractivity contribution in [2.45, 2.75) is 54.4 Å². The van der Waals surface area contributed by atoms with E-state index in [4.69, 9.17) is 14.2 Å². The van der Waals surface area contributed by atoms with Crippen molar-refractivity contribution in [3.8, 4) is 11.5 Å². The fraction of sp³-hybridized carbons (Fsp3) is 0.404. The molecule has 2 heterocycles. The molecule has 0 aliphatic carbocycles. The highest BCUT2D eigenvalue weighted by atomic mass is 32.2. The number of carbonyl (C=O) groups is 2. The molecule has 4 aromatic carbocycles. The first kappa shape index (κ1) is 42.8. The van der Waals surface area contributed by atoms with Gasteiger partial charge in [0.25, 0.3) is 11.8 Å². The second kappa shape index (κ2) is 21.3. The van der Waals surface area contributed by atoms with Crippen molar-refractivity contribution in [3.63, 3.8) is 0 Å². The number of aliphatic hydroxyl groups is 1. The molecule has 1 fully saturated rings. The lowest BCUT2D eigenvalue weighted by Gasteiger charge is -2.34. The standard InChI is InChI=1S/C47H58N4O6S/c1-50(2)29-30-57-41-32-36-11-6-7-14-42(36)58-43-20-19-37(31-39(41)43)47(54)49-25-9-5-8-24-48-46(53)35-17-15-33(16-18-35)21-26-51-27-22-34(23-28-51)44(52)38-12-10-13-40(55-3)45(38)56-4/h6-7,10-20,31-32,34,44,52H,5,8-9,21-30H2,1-4H3,(H,48,53)(H,49,54)/t44-/m1/s1. The minimum atomic E-state index is -0.597. The summed E-state index contributed by atoms with van der Waals surface area (Å²) in [7, 11) is 7.26. The summed E-state index contributed by atoms with van der Waals surface area (Å²) in [6.45, 7) is 5.27. The zero-order chi connectivity index (χ0) is 40.9. The molecule has 308 valence electrons. The Morgan fingerprint density at radius 3 is 2.26 bits per heavy atom. The molecule has 3 N–H and O–H groups in total. The van der Waals surface area contributed by atoms with Crippen LogP contribution in [0.4, 0.5) is 0 Å². The number of fused-ring (bicyclic) bond motifs is 2. The van der Waals surface area contributed by atoms with Crippen LogP contribution in [-0.4, -0.2) is 101 Å². The number of piperidine rings is 1. The molecule has 0 unspecified atom stereocenters. The van der Waals surface area contributed by atoms with E-state index in [0.717, 1.165) is 96.9 Å². The number of para-hydroxylation sites is 1. The normalized spacial score (nSPS) is 14.8. The number of rotatable bonds is 19. The molecule has 0 bridgehead atoms. The lowest BCUT2D eigenvalue weighted by Crippen LogP contribution is -2.36. The van der Waals surface area contributed by atoms with Crippen LogP contribution in [0.2, 0.25) is 0 Å². The Labute approximate surface area is 347 Å². The topological polar surface area (TPSA) is 113 Å². The first-order valence-corrected chi connectivity index (χ1v) is 21.2. The maximum absolute atomic E-state index is 13.2. The van der Waals surface area contributed by atoms with Crippen molar-refractivity contribution in [3.05, 3.63) is 118 Å². The monoisotopic (exact) mass is 806 g/mol. The van der Waals surface area contributed by atoms with Crippen LogP contribution in [0.15, 0.2) is 94.7 Å². The van der Waals surface area contributed by atoms with Gasteiger partial charge in [-0.3, -0.25) is 9.59 Å². The number of aliphatic hydroxyl groups excluding tert-OH is 1. The number of nitrogens with one attached hydrogen (secondary N) is 2. The Morgan fingerprint density at radius 2 is 1.55 bits per heavy atom. The van der Waals surface area contributed by atoms with E-state index in [1.807, 2.05) is 86.9 Å². The van der Waals surface area contributed by atoms with Crippen LogP contribution >= 0.6 is 11.8 Å². The van der Waals surface area contributed by atoms with E-state index in [1.54, 1.807) is 26.0 Å². The van der Waals surface area contributed by atoms with Crippen LogP contribution in [0.25, 0.3) is 11.8 Å². The smallest absolute Gasteiger partial charge is 0.251 e. The number of hydrogen-bond donors (Lipinski definition) is 3. The minimum absolute atomic E-state index is 0.0725. The summed E-state index contributed by atoms with van der Waals surface area (Å²) < 4.78 is 17.3. The number of likely N-dealkylation sites (tertiary alicyclic amines) is 1. The van der Waals surface area contributed by atoms with Crippen LogP contribution in [-0.2, 0) is 11.2 Å². The highest BCUT2D eigenvalue weighted by molar-refractivity contribution is 7.99. The van der Waals surface area contributed by atoms with Gasteiger partial charge in [0.2, 0.25) is 0 Å². The summed E-state index contributed by atoms with van der Waals surface area (Å²) >= 11 is 1.69. The maximum Gasteiger partial charge on any atom is 0.251 e. The van der Waals surface area contributed by atoms with E-state index >= 15 is 0 Å². The molecule has 4 aromatic rings. The maximum atomic E-state index is 13.2. The zero-order valence-electron chi connectivity index (χ0n) is 34.3. The van der Waals surface area contributed by atoms with Crippen LogP contribution in [0.3, 0.4) is 0 Å². The molecular formula is C47H58N4O6S. The molecule has 2 aliphatic heterocycles. The second-order valence-electron chi connectivity index (χ2n) is 15.2. The first-order chi connectivity index (χ1) is 28.2. The molecule has 0 radical (unpaired) electrons. The highest BCUT2D eigenvalue weighted by Gasteiger charge is 2.29. The summed E-state index contributed by atoms with van der Waals surface area (Å²) in [5.41, 5.74) is 5.27. The minimum Gasteiger partial charge on any atom is -0.493 e. The predicted molar refractivity (Wildman–Crippen MR) is 232 cm³/mol. The molecule has 0 spiro atoms. The van der Waals surface area contributed by atoms with Gasteiger partial charge in [0.1, 0.15) is 12.4 Å². The van der Waals surface area contributed by atoms with E-state index in [9.17, 15) is 14.7 Å². The van der Waals surface area contributed by atoms with Crippen LogP contribution in [0, 0.1) is 5.92 Å². The Bertz CT molecular complexity index is 2010. The van der Waals surface area contributed by atoms with E-state index in [0.29, 0.717) is 42.3 Å². The van der Waals surface area contributed by atoms with Crippen LogP contribution < -0.4 is 20.1 Å². The van der Waals surface area contributed by atoms with Gasteiger partial charge in [-0.2, -0.15) is 0 Å². The third-order valence-electron chi connectivity index (χ3n) is 10.9. The van der Waals surface area contributed by atoms with Gasteiger partial charge in [-0.25, -0.2) is 0 Å². The van der Waals surface area contributed by atoms with Gasteiger partial charge < -0.3 is 39.8 Å². The lowest BCUT2D eigenvalue weighted by atomic mass is 9.87. The molecule has 10 nitrogen and oxygen atoms in total. The Kier molecular flexibility index (Phi) is 15.7. The molecular weight excluding hydrogens is 749 g/mol. The van der Waals surface area contributed by atoms with Gasteiger partial charge in [0.05, 0.1) is 20.3 Å². The SMILES string of the molecule is COc1cccc([C@H](O)C2CCN(CCc3ccc(C(=O)NCCCCCNC(=O)c4ccc5c(c4)C(OCCN(C)C)=Cc4ccccc4S5)cc3)CC2)c1OC. The molecule has 1 atom stereocenters. The number of hydrogen-bond acceptors (Lipinski definition) is 9. The lowest BCUT2D eigenvalue weighted by molar-refractivity contribution is 0.0572. The van der Waals surface area contributed by atoms with Gasteiger partial charge in [0.15, 0.2) is 11.5 Å². The summed E-state index contributed by atoms with van der Waals surface area (Å²) in [4.78, 5) is 32.8. The van der Waals surface area contributed by atoms with E-state index in [2.05, 4.69) is 38.6 Å². The third-order valence-corrected chi connectivity index (χ3v) is 12.1. The fourth-order valence-electron chi connectivity index (χ4n) is 7.48. The number of carbonyl (C=O) groups excluding carboxylic acids is 2. The Balaban J connectivity index is 0.874. The fourth-order valence-corrected chi connectivity index (χ4v) is 8.51. The molecule has 2 aliphatic rings. The zero-order valence-corrected chi connectivity index (χ0v) is 35.1.